The van der Waals surface area contributed by atoms with Gasteiger partial charge in [0.1, 0.15) is 0 Å². The lowest BCUT2D eigenvalue weighted by molar-refractivity contribution is -0.126. The number of amides is 3. The summed E-state index contributed by atoms with van der Waals surface area (Å²) >= 11 is 0. The Morgan fingerprint density at radius 3 is 2.43 bits per heavy atom. The second-order valence-electron chi connectivity index (χ2n) is 7.28. The molecule has 0 bridgehead atoms. The third-order valence-electron chi connectivity index (χ3n) is 4.99. The van der Waals surface area contributed by atoms with Crippen molar-refractivity contribution in [3.8, 4) is 0 Å². The molecule has 2 saturated heterocycles. The minimum absolute atomic E-state index is 0.0445. The quantitative estimate of drug-likeness (QED) is 0.846. The molecule has 0 unspecified atom stereocenters. The molecule has 1 atom stereocenters. The third-order valence-corrected chi connectivity index (χ3v) is 4.99. The van der Waals surface area contributed by atoms with Crippen LogP contribution in [0.4, 0.5) is 4.79 Å². The van der Waals surface area contributed by atoms with Gasteiger partial charge in [-0.05, 0) is 38.1 Å². The molecule has 1 N–H and O–H groups in total. The minimum atomic E-state index is 0.0445. The van der Waals surface area contributed by atoms with Gasteiger partial charge in [-0.1, -0.05) is 6.92 Å². The summed E-state index contributed by atoms with van der Waals surface area (Å²) in [7, 11) is 3.53. The fourth-order valence-electron chi connectivity index (χ4n) is 3.59. The molecule has 23 heavy (non-hydrogen) atoms. The van der Waals surface area contributed by atoms with Crippen molar-refractivity contribution in [2.75, 3.05) is 53.4 Å². The van der Waals surface area contributed by atoms with Crippen LogP contribution >= 0.6 is 0 Å². The molecule has 0 spiro atoms. The average Bonchev–Trinajstić information content (AvgIpc) is 2.54. The second-order valence-corrected chi connectivity index (χ2v) is 7.28. The molecule has 2 aliphatic rings. The zero-order valence-electron chi connectivity index (χ0n) is 14.9. The van der Waals surface area contributed by atoms with E-state index in [-0.39, 0.29) is 17.9 Å². The van der Waals surface area contributed by atoms with E-state index in [1.807, 2.05) is 4.90 Å². The summed E-state index contributed by atoms with van der Waals surface area (Å²) in [6.45, 7) is 7.66. The first kappa shape index (κ1) is 18.0. The maximum absolute atomic E-state index is 12.3. The standard InChI is InChI=1S/C17H32N4O2/c1-14-5-4-9-20(13-14)12-8-18-16(22)15-6-10-21(11-7-15)17(23)19(2)3/h14-15H,4-13H2,1-3H3,(H,18,22)/t14-/m0/s1. The fraction of sp³-hybridized carbons (Fsp3) is 0.882. The normalized spacial score (nSPS) is 23.6. The van der Waals surface area contributed by atoms with E-state index < -0.39 is 0 Å². The highest BCUT2D eigenvalue weighted by Crippen LogP contribution is 2.18. The van der Waals surface area contributed by atoms with Crippen molar-refractivity contribution in [1.82, 2.24) is 20.0 Å². The largest absolute Gasteiger partial charge is 0.355 e. The summed E-state index contributed by atoms with van der Waals surface area (Å²) < 4.78 is 0. The lowest BCUT2D eigenvalue weighted by atomic mass is 9.96. The van der Waals surface area contributed by atoms with Gasteiger partial charge in [0.05, 0.1) is 0 Å². The van der Waals surface area contributed by atoms with Crippen molar-refractivity contribution in [2.24, 2.45) is 11.8 Å². The number of likely N-dealkylation sites (tertiary alicyclic amines) is 2. The molecule has 2 heterocycles. The van der Waals surface area contributed by atoms with Crippen LogP contribution in [0.3, 0.4) is 0 Å². The number of piperidine rings is 2. The summed E-state index contributed by atoms with van der Waals surface area (Å²) in [5.74, 6) is 0.992. The topological polar surface area (TPSA) is 55.9 Å². The zero-order chi connectivity index (χ0) is 16.8. The van der Waals surface area contributed by atoms with Crippen molar-refractivity contribution >= 4 is 11.9 Å². The Bertz CT molecular complexity index is 405. The number of hydrogen-bond donors (Lipinski definition) is 1. The highest BCUT2D eigenvalue weighted by atomic mass is 16.2. The number of hydrogen-bond acceptors (Lipinski definition) is 3. The Balaban J connectivity index is 1.64. The first-order valence-electron chi connectivity index (χ1n) is 8.93. The van der Waals surface area contributed by atoms with Crippen LogP contribution in [0.25, 0.3) is 0 Å². The van der Waals surface area contributed by atoms with Gasteiger partial charge in [0.25, 0.3) is 0 Å². The van der Waals surface area contributed by atoms with Crippen molar-refractivity contribution in [2.45, 2.75) is 32.6 Å². The van der Waals surface area contributed by atoms with Crippen LogP contribution in [0, 0.1) is 11.8 Å². The van der Waals surface area contributed by atoms with Crippen molar-refractivity contribution in [3.05, 3.63) is 0 Å². The minimum Gasteiger partial charge on any atom is -0.355 e. The van der Waals surface area contributed by atoms with E-state index in [9.17, 15) is 9.59 Å². The van der Waals surface area contributed by atoms with Gasteiger partial charge in [0, 0.05) is 52.7 Å². The lowest BCUT2D eigenvalue weighted by Crippen LogP contribution is -2.47. The van der Waals surface area contributed by atoms with Gasteiger partial charge in [-0.2, -0.15) is 0 Å². The third kappa shape index (κ3) is 5.37. The highest BCUT2D eigenvalue weighted by Gasteiger charge is 2.27. The lowest BCUT2D eigenvalue weighted by Gasteiger charge is -2.33. The van der Waals surface area contributed by atoms with Gasteiger partial charge >= 0.3 is 6.03 Å². The van der Waals surface area contributed by atoms with Gasteiger partial charge in [-0.15, -0.1) is 0 Å². The molecule has 132 valence electrons. The number of carbonyl (C=O) groups excluding carboxylic acids is 2. The van der Waals surface area contributed by atoms with Crippen LogP contribution < -0.4 is 5.32 Å². The Morgan fingerprint density at radius 1 is 1.13 bits per heavy atom. The predicted octanol–water partition coefficient (Wildman–Crippen LogP) is 1.23. The molecule has 0 aromatic carbocycles. The summed E-state index contributed by atoms with van der Waals surface area (Å²) in [6, 6.07) is 0.0445. The molecule has 0 aliphatic carbocycles. The molecule has 6 nitrogen and oxygen atoms in total. The molecule has 2 fully saturated rings. The molecule has 0 saturated carbocycles. The van der Waals surface area contributed by atoms with E-state index >= 15 is 0 Å². The Labute approximate surface area is 140 Å². The molecule has 0 aromatic rings. The molecule has 3 amide bonds. The first-order chi connectivity index (χ1) is 11.0. The number of urea groups is 1. The van der Waals surface area contributed by atoms with Gasteiger partial charge in [0.2, 0.25) is 5.91 Å². The van der Waals surface area contributed by atoms with E-state index in [1.165, 1.54) is 12.8 Å². The molecule has 0 aromatic heterocycles. The summed E-state index contributed by atoms with van der Waals surface area (Å²) in [6.07, 6.45) is 4.14. The Kier molecular flexibility index (Phi) is 6.69. The maximum Gasteiger partial charge on any atom is 0.319 e. The molecule has 2 rings (SSSR count). The Morgan fingerprint density at radius 2 is 1.83 bits per heavy atom. The number of rotatable bonds is 4. The molecular weight excluding hydrogens is 292 g/mol. The number of carbonyl (C=O) groups is 2. The zero-order valence-corrected chi connectivity index (χ0v) is 14.9. The van der Waals surface area contributed by atoms with Gasteiger partial charge in [-0.25, -0.2) is 4.79 Å². The van der Waals surface area contributed by atoms with E-state index in [2.05, 4.69) is 17.1 Å². The number of nitrogens with zero attached hydrogens (tertiary/aromatic N) is 3. The molecule has 2 aliphatic heterocycles. The van der Waals surface area contributed by atoms with E-state index in [4.69, 9.17) is 0 Å². The Hall–Kier alpha value is -1.30. The van der Waals surface area contributed by atoms with Crippen LogP contribution in [0.1, 0.15) is 32.6 Å². The van der Waals surface area contributed by atoms with Gasteiger partial charge in [-0.3, -0.25) is 4.79 Å². The van der Waals surface area contributed by atoms with Crippen LogP contribution in [-0.2, 0) is 4.79 Å². The average molecular weight is 324 g/mol. The van der Waals surface area contributed by atoms with Crippen LogP contribution in [-0.4, -0.2) is 80.0 Å². The van der Waals surface area contributed by atoms with Crippen LogP contribution in [0.5, 0.6) is 0 Å². The monoisotopic (exact) mass is 324 g/mol. The van der Waals surface area contributed by atoms with E-state index in [0.717, 1.165) is 44.9 Å². The summed E-state index contributed by atoms with van der Waals surface area (Å²) in [5.41, 5.74) is 0. The van der Waals surface area contributed by atoms with Crippen LogP contribution in [0.15, 0.2) is 0 Å². The molecule has 6 heteroatoms. The van der Waals surface area contributed by atoms with Crippen LogP contribution in [0.2, 0.25) is 0 Å². The summed E-state index contributed by atoms with van der Waals surface area (Å²) in [5, 5.41) is 3.09. The molecular formula is C17H32N4O2. The van der Waals surface area contributed by atoms with Crippen molar-refractivity contribution in [3.63, 3.8) is 0 Å². The van der Waals surface area contributed by atoms with E-state index in [1.54, 1.807) is 19.0 Å². The molecule has 0 radical (unpaired) electrons. The highest BCUT2D eigenvalue weighted by molar-refractivity contribution is 5.79. The van der Waals surface area contributed by atoms with Gasteiger partial charge in [0.15, 0.2) is 0 Å². The first-order valence-corrected chi connectivity index (χ1v) is 8.93. The van der Waals surface area contributed by atoms with Gasteiger partial charge < -0.3 is 20.0 Å². The van der Waals surface area contributed by atoms with E-state index in [0.29, 0.717) is 13.1 Å². The second kappa shape index (κ2) is 8.52. The summed E-state index contributed by atoms with van der Waals surface area (Å²) in [4.78, 5) is 30.0. The number of nitrogens with one attached hydrogen (secondary N) is 1. The smallest absolute Gasteiger partial charge is 0.319 e. The van der Waals surface area contributed by atoms with Crippen molar-refractivity contribution < 1.29 is 9.59 Å². The van der Waals surface area contributed by atoms with Crippen molar-refractivity contribution in [1.29, 1.82) is 0 Å². The fourth-order valence-corrected chi connectivity index (χ4v) is 3.59. The predicted molar refractivity (Wildman–Crippen MR) is 91.2 cm³/mol. The SMILES string of the molecule is C[C@H]1CCCN(CCNC(=O)C2CCN(C(=O)N(C)C)CC2)C1. The maximum atomic E-state index is 12.3.